The maximum absolute atomic E-state index is 13.6. The Morgan fingerprint density at radius 1 is 0.573 bits per heavy atom. The summed E-state index contributed by atoms with van der Waals surface area (Å²) in [5, 5.41) is 15.0. The molecular formula is C52H64Cl6N8O7S2. The molecule has 0 aromatic heterocycles. The summed E-state index contributed by atoms with van der Waals surface area (Å²) in [6, 6.07) is 15.4. The molecule has 4 heterocycles. The third-order valence-electron chi connectivity index (χ3n) is 13.4. The molecule has 0 bridgehead atoms. The van der Waals surface area contributed by atoms with Crippen molar-refractivity contribution in [3.8, 4) is 0 Å². The van der Waals surface area contributed by atoms with Gasteiger partial charge in [-0.05, 0) is 108 Å². The number of likely N-dealkylation sites (N-methyl/N-ethyl adjacent to an activating group) is 2. The fraction of sp³-hybridized carbons (Fsp3) is 0.500. The number of nitrogens with zero attached hydrogens (tertiary/aromatic N) is 4. The molecule has 4 aliphatic rings. The van der Waals surface area contributed by atoms with E-state index in [-0.39, 0.29) is 23.9 Å². The van der Waals surface area contributed by atoms with Crippen molar-refractivity contribution in [2.24, 2.45) is 0 Å². The zero-order valence-electron chi connectivity index (χ0n) is 42.1. The molecule has 0 saturated carbocycles. The van der Waals surface area contributed by atoms with Crippen molar-refractivity contribution < 1.29 is 32.7 Å². The molecule has 15 nitrogen and oxygen atoms in total. The third-order valence-corrected chi connectivity index (χ3v) is 18.4. The summed E-state index contributed by atoms with van der Waals surface area (Å²) in [7, 11) is 2.72. The van der Waals surface area contributed by atoms with E-state index in [1.807, 2.05) is 41.7 Å². The Morgan fingerprint density at radius 2 is 1.05 bits per heavy atom. The molecule has 3 atom stereocenters. The van der Waals surface area contributed by atoms with Gasteiger partial charge in [0.25, 0.3) is 0 Å². The Morgan fingerprint density at radius 3 is 1.60 bits per heavy atom. The molecule has 23 heteroatoms. The number of carbonyl (C=O) groups is 2. The smallest absolute Gasteiger partial charge is 0.314 e. The van der Waals surface area contributed by atoms with Gasteiger partial charge in [0.05, 0.1) is 67.8 Å². The van der Waals surface area contributed by atoms with Gasteiger partial charge in [-0.3, -0.25) is 0 Å². The van der Waals surface area contributed by atoms with Gasteiger partial charge in [0.15, 0.2) is 0 Å². The van der Waals surface area contributed by atoms with Crippen molar-refractivity contribution in [3.63, 3.8) is 0 Å². The summed E-state index contributed by atoms with van der Waals surface area (Å²) >= 11 is 41.8. The van der Waals surface area contributed by atoms with Gasteiger partial charge in [-0.2, -0.15) is 0 Å². The molecular weight excluding hydrogens is 1130 g/mol. The molecule has 4 amide bonds. The van der Waals surface area contributed by atoms with Crippen LogP contribution in [-0.4, -0.2) is 154 Å². The third kappa shape index (κ3) is 15.6. The number of ether oxygens (including phenoxy) is 4. The number of halogens is 6. The van der Waals surface area contributed by atoms with Crippen LogP contribution >= 0.6 is 81.6 Å². The van der Waals surface area contributed by atoms with Crippen molar-refractivity contribution in [2.45, 2.75) is 60.6 Å². The predicted molar refractivity (Wildman–Crippen MR) is 301 cm³/mol. The molecule has 4 N–H and O–H groups in total. The maximum atomic E-state index is 13.6. The number of carbonyl (C=O) groups excluding carboxylic acids is 2. The van der Waals surface area contributed by atoms with Crippen molar-refractivity contribution in [3.05, 3.63) is 123 Å². The first kappa shape index (κ1) is 58.5. The lowest BCUT2D eigenvalue weighted by atomic mass is 9.84. The number of unbranched alkanes of at least 4 members (excludes halogenated alkanes) is 1. The van der Waals surface area contributed by atoms with E-state index >= 15 is 0 Å². The highest BCUT2D eigenvalue weighted by Gasteiger charge is 2.35. The molecule has 75 heavy (non-hydrogen) atoms. The number of rotatable bonds is 25. The second kappa shape index (κ2) is 28.5. The van der Waals surface area contributed by atoms with Crippen LogP contribution in [0, 0.1) is 0 Å². The van der Waals surface area contributed by atoms with Gasteiger partial charge in [-0.15, -0.1) is 0 Å². The minimum atomic E-state index is -1.43. The van der Waals surface area contributed by atoms with Gasteiger partial charge >= 0.3 is 12.1 Å². The largest absolute Gasteiger partial charge is 0.378 e. The number of nitrogens with one attached hydrogen (secondary N) is 4. The molecule has 0 saturated heterocycles. The fourth-order valence-electron chi connectivity index (χ4n) is 9.77. The van der Waals surface area contributed by atoms with Crippen LogP contribution in [0.25, 0.3) is 0 Å². The summed E-state index contributed by atoms with van der Waals surface area (Å²) < 4.78 is 40.6. The quantitative estimate of drug-likeness (QED) is 0.0372. The van der Waals surface area contributed by atoms with Crippen LogP contribution in [-0.2, 0) is 56.1 Å². The van der Waals surface area contributed by atoms with Crippen LogP contribution in [0.3, 0.4) is 0 Å². The van der Waals surface area contributed by atoms with Crippen molar-refractivity contribution in [1.82, 2.24) is 39.7 Å². The molecule has 3 unspecified atom stereocenters. The van der Waals surface area contributed by atoms with Crippen LogP contribution in [0.15, 0.2) is 58.3 Å². The first-order chi connectivity index (χ1) is 36.2. The molecule has 0 fully saturated rings. The second-order valence-corrected chi connectivity index (χ2v) is 23.9. The van der Waals surface area contributed by atoms with Crippen molar-refractivity contribution >= 4 is 105 Å². The van der Waals surface area contributed by atoms with Gasteiger partial charge in [0.2, 0.25) is 0 Å². The predicted octanol–water partition coefficient (Wildman–Crippen LogP) is 9.57. The second-order valence-electron chi connectivity index (χ2n) is 18.9. The molecule has 0 spiro atoms. The number of amides is 4. The van der Waals surface area contributed by atoms with E-state index in [4.69, 9.17) is 88.6 Å². The Kier molecular flexibility index (Phi) is 22.2. The summed E-state index contributed by atoms with van der Waals surface area (Å²) in [4.78, 5) is 30.6. The minimum Gasteiger partial charge on any atom is -0.378 e. The van der Waals surface area contributed by atoms with Gasteiger partial charge in [-0.25, -0.2) is 22.4 Å². The number of fused-ring (bicyclic) bond motifs is 4. The first-order valence-electron chi connectivity index (χ1n) is 25.1. The Balaban J connectivity index is 0.586. The maximum Gasteiger partial charge on any atom is 0.314 e. The first-order valence-corrected chi connectivity index (χ1v) is 29.3. The Bertz CT molecular complexity index is 2680. The standard InChI is InChI=1S/C52H64Cl6N8O7S2/c1-63-29-41(39-23-35(53)25-45(55)43(39)31-63)37-7-5-33-27-65(74-49(33)47(37)57)13-17-72-21-19-70-15-11-61-51(67)59-9-3-4-10-60-52(68)62-12-16-71-20-22-73-18-14-66-28-34-6-8-38(48(58)50(34)75(66)69)42-30-64(2)32-44-40(42)24-36(54)26-46(44)56/h5-8,23-26,41-42H,3-4,9-22,27-32H2,1-2H3,(H2,59,61,67)(H2,60,62,68). The summed E-state index contributed by atoms with van der Waals surface area (Å²) in [6.45, 7) is 10.4. The Hall–Kier alpha value is -2.66. The van der Waals surface area contributed by atoms with Crippen molar-refractivity contribution in [2.75, 3.05) is 119 Å². The number of benzene rings is 4. The van der Waals surface area contributed by atoms with Crippen LogP contribution in [0.2, 0.25) is 30.1 Å². The molecule has 8 rings (SSSR count). The van der Waals surface area contributed by atoms with Crippen LogP contribution in [0.4, 0.5) is 9.59 Å². The molecule has 408 valence electrons. The average molecular weight is 1190 g/mol. The fourth-order valence-corrected chi connectivity index (χ4v) is 14.3. The number of hydrogen-bond donors (Lipinski definition) is 4. The van der Waals surface area contributed by atoms with E-state index in [2.05, 4.69) is 54.6 Å². The number of hydrogen-bond acceptors (Lipinski definition) is 11. The minimum absolute atomic E-state index is 0.0567. The van der Waals surface area contributed by atoms with E-state index in [0.717, 1.165) is 88.1 Å². The molecule has 0 aliphatic carbocycles. The molecule has 4 aromatic rings. The van der Waals surface area contributed by atoms with Crippen LogP contribution in [0.1, 0.15) is 69.2 Å². The summed E-state index contributed by atoms with van der Waals surface area (Å²) in [6.07, 6.45) is 1.40. The SMILES string of the molecule is CN1Cc2c(Cl)cc(Cl)cc2C(c2ccc3c(c2Cl)SN(CCOCCOCCNC(=O)NCCCCNC(=O)NCCOCCOCCN2Cc4ccc(C5CN(C)Cc6c(Cl)cc(Cl)cc65)c(Cl)c4S2=O)C3)C1. The molecule has 4 aromatic carbocycles. The van der Waals surface area contributed by atoms with E-state index in [1.165, 1.54) is 5.56 Å². The highest BCUT2D eigenvalue weighted by molar-refractivity contribution is 7.97. The molecule has 0 radical (unpaired) electrons. The van der Waals surface area contributed by atoms with E-state index in [9.17, 15) is 13.8 Å². The van der Waals surface area contributed by atoms with Crippen molar-refractivity contribution in [1.29, 1.82) is 0 Å². The average Bonchev–Trinajstić information content (AvgIpc) is 3.95. The van der Waals surface area contributed by atoms with E-state index < -0.39 is 11.0 Å². The zero-order valence-corrected chi connectivity index (χ0v) is 48.2. The van der Waals surface area contributed by atoms with Gasteiger partial charge in [-0.1, -0.05) is 93.9 Å². The summed E-state index contributed by atoms with van der Waals surface area (Å²) in [5.41, 5.74) is 8.46. The highest BCUT2D eigenvalue weighted by atomic mass is 35.5. The van der Waals surface area contributed by atoms with E-state index in [0.29, 0.717) is 135 Å². The highest BCUT2D eigenvalue weighted by Crippen LogP contribution is 2.48. The lowest BCUT2D eigenvalue weighted by molar-refractivity contribution is 0.0462. The molecule has 4 aliphatic heterocycles. The number of urea groups is 2. The topological polar surface area (TPSA) is 149 Å². The van der Waals surface area contributed by atoms with Crippen LogP contribution < -0.4 is 21.3 Å². The van der Waals surface area contributed by atoms with E-state index in [1.54, 1.807) is 18.0 Å². The lowest BCUT2D eigenvalue weighted by Gasteiger charge is -2.34. The zero-order chi connectivity index (χ0) is 53.0. The monoisotopic (exact) mass is 1190 g/mol. The normalized spacial score (nSPS) is 18.6. The van der Waals surface area contributed by atoms with Gasteiger partial charge < -0.3 is 50.0 Å². The van der Waals surface area contributed by atoms with Crippen LogP contribution in [0.5, 0.6) is 0 Å². The summed E-state index contributed by atoms with van der Waals surface area (Å²) in [5.74, 6) is 0.0155. The lowest BCUT2D eigenvalue weighted by Crippen LogP contribution is -2.39. The van der Waals surface area contributed by atoms with Gasteiger partial charge in [0.1, 0.15) is 11.0 Å². The Labute approximate surface area is 476 Å². The van der Waals surface area contributed by atoms with Gasteiger partial charge in [0, 0.05) is 115 Å².